The maximum Gasteiger partial charge on any atom is 0.253 e. The van der Waals surface area contributed by atoms with Gasteiger partial charge in [0.05, 0.1) is 0 Å². The van der Waals surface area contributed by atoms with Crippen LogP contribution in [0.1, 0.15) is 49.9 Å². The molecule has 0 saturated carbocycles. The summed E-state index contributed by atoms with van der Waals surface area (Å²) in [5.41, 5.74) is 7.90. The van der Waals surface area contributed by atoms with Crippen molar-refractivity contribution in [3.63, 3.8) is 0 Å². The zero-order valence-corrected chi connectivity index (χ0v) is 13.5. The minimum atomic E-state index is -0.0557. The molecule has 0 amide bonds. The lowest BCUT2D eigenvalue weighted by Crippen LogP contribution is -2.24. The summed E-state index contributed by atoms with van der Waals surface area (Å²) in [6.45, 7) is 6.15. The van der Waals surface area contributed by atoms with E-state index in [9.17, 15) is 4.79 Å². The van der Waals surface area contributed by atoms with Crippen molar-refractivity contribution in [3.8, 4) is 11.4 Å². The van der Waals surface area contributed by atoms with Crippen LogP contribution in [0.25, 0.3) is 11.4 Å². The van der Waals surface area contributed by atoms with Crippen LogP contribution in [0.4, 0.5) is 5.95 Å². The molecule has 0 bridgehead atoms. The summed E-state index contributed by atoms with van der Waals surface area (Å²) in [4.78, 5) is 16.8. The highest BCUT2D eigenvalue weighted by Gasteiger charge is 2.22. The monoisotopic (exact) mass is 300 g/mol. The van der Waals surface area contributed by atoms with Crippen LogP contribution in [0.3, 0.4) is 0 Å². The van der Waals surface area contributed by atoms with Gasteiger partial charge in [0.1, 0.15) is 0 Å². The summed E-state index contributed by atoms with van der Waals surface area (Å²) in [5, 5.41) is 4.33. The Bertz CT molecular complexity index is 648. The molecule has 0 aliphatic heterocycles. The molecule has 2 aromatic rings. The van der Waals surface area contributed by atoms with E-state index in [0.717, 1.165) is 36.8 Å². The molecule has 1 aromatic carbocycles. The summed E-state index contributed by atoms with van der Waals surface area (Å²) in [7, 11) is 0. The van der Waals surface area contributed by atoms with E-state index in [4.69, 9.17) is 5.73 Å². The molecule has 5 heteroatoms. The van der Waals surface area contributed by atoms with Crippen molar-refractivity contribution >= 4 is 11.9 Å². The lowest BCUT2D eigenvalue weighted by molar-refractivity contribution is 0.0807. The van der Waals surface area contributed by atoms with Crippen LogP contribution in [0.5, 0.6) is 0 Å². The predicted octanol–water partition coefficient (Wildman–Crippen LogP) is 3.69. The second-order valence-corrected chi connectivity index (χ2v) is 5.66. The lowest BCUT2D eigenvalue weighted by Gasteiger charge is -2.12. The average molecular weight is 300 g/mol. The SMILES string of the molecule is CCCC[C@H](CC)C(=O)n1nc(-c2cccc(C)c2)nc1N. The lowest BCUT2D eigenvalue weighted by atomic mass is 9.99. The van der Waals surface area contributed by atoms with E-state index < -0.39 is 0 Å². The Kier molecular flexibility index (Phi) is 5.31. The smallest absolute Gasteiger partial charge is 0.253 e. The highest BCUT2D eigenvalue weighted by Crippen LogP contribution is 2.21. The molecule has 1 atom stereocenters. The zero-order valence-electron chi connectivity index (χ0n) is 13.5. The van der Waals surface area contributed by atoms with Crippen LogP contribution in [-0.2, 0) is 0 Å². The number of aromatic nitrogens is 3. The minimum absolute atomic E-state index is 0.0469. The summed E-state index contributed by atoms with van der Waals surface area (Å²) >= 11 is 0. The van der Waals surface area contributed by atoms with E-state index in [1.165, 1.54) is 4.68 Å². The first kappa shape index (κ1) is 16.2. The number of nitrogen functional groups attached to an aromatic ring is 1. The molecule has 118 valence electrons. The van der Waals surface area contributed by atoms with E-state index in [-0.39, 0.29) is 17.8 Å². The van der Waals surface area contributed by atoms with Crippen molar-refractivity contribution in [1.29, 1.82) is 0 Å². The molecule has 0 unspecified atom stereocenters. The van der Waals surface area contributed by atoms with Gasteiger partial charge < -0.3 is 5.73 Å². The van der Waals surface area contributed by atoms with Crippen LogP contribution < -0.4 is 5.73 Å². The summed E-state index contributed by atoms with van der Waals surface area (Å²) < 4.78 is 1.27. The molecule has 22 heavy (non-hydrogen) atoms. The molecule has 0 saturated heterocycles. The fraction of sp³-hybridized carbons (Fsp3) is 0.471. The topological polar surface area (TPSA) is 73.8 Å². The molecule has 1 aromatic heterocycles. The van der Waals surface area contributed by atoms with Gasteiger partial charge in [-0.25, -0.2) is 0 Å². The van der Waals surface area contributed by atoms with Gasteiger partial charge in [0.2, 0.25) is 5.95 Å². The second-order valence-electron chi connectivity index (χ2n) is 5.66. The first-order valence-electron chi connectivity index (χ1n) is 7.90. The number of anilines is 1. The second kappa shape index (κ2) is 7.20. The number of hydrogen-bond acceptors (Lipinski definition) is 4. The number of nitrogens with zero attached hydrogens (tertiary/aromatic N) is 3. The first-order valence-corrected chi connectivity index (χ1v) is 7.90. The normalized spacial score (nSPS) is 12.3. The third-order valence-electron chi connectivity index (χ3n) is 3.87. The summed E-state index contributed by atoms with van der Waals surface area (Å²) in [5.74, 6) is 0.561. The fourth-order valence-electron chi connectivity index (χ4n) is 2.52. The van der Waals surface area contributed by atoms with E-state index >= 15 is 0 Å². The Labute approximate surface area is 131 Å². The molecule has 2 N–H and O–H groups in total. The Hall–Kier alpha value is -2.17. The largest absolute Gasteiger partial charge is 0.368 e. The summed E-state index contributed by atoms with van der Waals surface area (Å²) in [6.07, 6.45) is 3.76. The van der Waals surface area contributed by atoms with Crippen molar-refractivity contribution in [1.82, 2.24) is 14.8 Å². The highest BCUT2D eigenvalue weighted by molar-refractivity contribution is 5.83. The maximum atomic E-state index is 12.6. The Morgan fingerprint density at radius 1 is 1.36 bits per heavy atom. The van der Waals surface area contributed by atoms with Gasteiger partial charge in [-0.15, -0.1) is 5.10 Å². The maximum absolute atomic E-state index is 12.6. The number of hydrogen-bond donors (Lipinski definition) is 1. The van der Waals surface area contributed by atoms with Gasteiger partial charge in [-0.05, 0) is 25.8 Å². The molecule has 0 radical (unpaired) electrons. The fourth-order valence-corrected chi connectivity index (χ4v) is 2.52. The molecular weight excluding hydrogens is 276 g/mol. The Balaban J connectivity index is 2.27. The number of carbonyl (C=O) groups is 1. The Morgan fingerprint density at radius 2 is 2.14 bits per heavy atom. The minimum Gasteiger partial charge on any atom is -0.368 e. The highest BCUT2D eigenvalue weighted by atomic mass is 16.2. The van der Waals surface area contributed by atoms with Gasteiger partial charge in [0, 0.05) is 11.5 Å². The van der Waals surface area contributed by atoms with Crippen LogP contribution >= 0.6 is 0 Å². The number of unbranched alkanes of at least 4 members (excludes halogenated alkanes) is 1. The standard InChI is InChI=1S/C17H24N4O/c1-4-6-9-13(5-2)16(22)21-17(18)19-15(20-21)14-10-7-8-12(3)11-14/h7-8,10-11,13H,4-6,9H2,1-3H3,(H2,18,19,20)/t13-/m0/s1. The molecule has 0 fully saturated rings. The van der Waals surface area contributed by atoms with E-state index in [2.05, 4.69) is 17.0 Å². The van der Waals surface area contributed by atoms with E-state index in [1.807, 2.05) is 38.1 Å². The number of rotatable bonds is 6. The molecule has 5 nitrogen and oxygen atoms in total. The van der Waals surface area contributed by atoms with Crippen molar-refractivity contribution < 1.29 is 4.79 Å². The van der Waals surface area contributed by atoms with E-state index in [0.29, 0.717) is 5.82 Å². The number of carbonyl (C=O) groups excluding carboxylic acids is 1. The number of benzene rings is 1. The van der Waals surface area contributed by atoms with Crippen LogP contribution in [0, 0.1) is 12.8 Å². The van der Waals surface area contributed by atoms with Gasteiger partial charge >= 0.3 is 0 Å². The first-order chi connectivity index (χ1) is 10.6. The van der Waals surface area contributed by atoms with E-state index in [1.54, 1.807) is 0 Å². The van der Waals surface area contributed by atoms with Gasteiger partial charge in [0.15, 0.2) is 5.82 Å². The molecule has 0 aliphatic carbocycles. The van der Waals surface area contributed by atoms with Gasteiger partial charge in [0.25, 0.3) is 5.91 Å². The van der Waals surface area contributed by atoms with Gasteiger partial charge in [-0.3, -0.25) is 4.79 Å². The molecule has 1 heterocycles. The van der Waals surface area contributed by atoms with Crippen LogP contribution in [-0.4, -0.2) is 20.7 Å². The van der Waals surface area contributed by atoms with Crippen LogP contribution in [0.2, 0.25) is 0 Å². The molecule has 2 rings (SSSR count). The average Bonchev–Trinajstić information content (AvgIpc) is 2.90. The quantitative estimate of drug-likeness (QED) is 0.883. The number of nitrogens with two attached hydrogens (primary N) is 1. The Morgan fingerprint density at radius 3 is 2.77 bits per heavy atom. The van der Waals surface area contributed by atoms with Crippen molar-refractivity contribution in [2.75, 3.05) is 5.73 Å². The molecular formula is C17H24N4O. The van der Waals surface area contributed by atoms with Gasteiger partial charge in [-0.2, -0.15) is 9.67 Å². The molecule has 0 spiro atoms. The van der Waals surface area contributed by atoms with Crippen molar-refractivity contribution in [2.24, 2.45) is 5.92 Å². The predicted molar refractivity (Wildman–Crippen MR) is 88.5 cm³/mol. The zero-order chi connectivity index (χ0) is 16.1. The third kappa shape index (κ3) is 3.53. The molecule has 0 aliphatic rings. The summed E-state index contributed by atoms with van der Waals surface area (Å²) in [6, 6.07) is 7.86. The van der Waals surface area contributed by atoms with Crippen molar-refractivity contribution in [2.45, 2.75) is 46.5 Å². The van der Waals surface area contributed by atoms with Crippen LogP contribution in [0.15, 0.2) is 24.3 Å². The third-order valence-corrected chi connectivity index (χ3v) is 3.87. The van der Waals surface area contributed by atoms with Crippen molar-refractivity contribution in [3.05, 3.63) is 29.8 Å². The van der Waals surface area contributed by atoms with Gasteiger partial charge in [-0.1, -0.05) is 50.5 Å². The number of aryl methyl sites for hydroxylation is 1.